The molecule has 0 aliphatic heterocycles. The second kappa shape index (κ2) is 6.76. The van der Waals surface area contributed by atoms with E-state index in [9.17, 15) is 9.18 Å². The zero-order chi connectivity index (χ0) is 18.0. The average molecular weight is 344 g/mol. The maximum atomic E-state index is 12.9. The van der Waals surface area contributed by atoms with Crippen molar-refractivity contribution in [2.24, 2.45) is 21.7 Å². The molecular formula is C17H17FN4O3. The number of carbonyl (C=O) groups is 1. The van der Waals surface area contributed by atoms with Crippen LogP contribution in [0.5, 0.6) is 5.75 Å². The summed E-state index contributed by atoms with van der Waals surface area (Å²) in [6.45, 7) is 1.75. The first-order valence-electron chi connectivity index (χ1n) is 7.71. The molecule has 0 bridgehead atoms. The van der Waals surface area contributed by atoms with Crippen LogP contribution in [0.15, 0.2) is 38.9 Å². The van der Waals surface area contributed by atoms with Gasteiger partial charge in [0.2, 0.25) is 11.7 Å². The van der Waals surface area contributed by atoms with Crippen molar-refractivity contribution in [3.05, 3.63) is 52.7 Å². The van der Waals surface area contributed by atoms with E-state index >= 15 is 0 Å². The first kappa shape index (κ1) is 16.7. The van der Waals surface area contributed by atoms with Gasteiger partial charge in [0.05, 0.1) is 5.71 Å². The molecule has 0 unspecified atom stereocenters. The maximum absolute atomic E-state index is 12.9. The highest BCUT2D eigenvalue weighted by Gasteiger charge is 2.29. The molecule has 8 heteroatoms. The van der Waals surface area contributed by atoms with Gasteiger partial charge >= 0.3 is 5.97 Å². The van der Waals surface area contributed by atoms with E-state index in [-0.39, 0.29) is 17.5 Å². The number of hydrogen-bond acceptors (Lipinski definition) is 5. The van der Waals surface area contributed by atoms with Crippen LogP contribution >= 0.6 is 0 Å². The summed E-state index contributed by atoms with van der Waals surface area (Å²) in [6, 6.07) is 5.17. The molecule has 0 fully saturated rings. The molecule has 2 aromatic rings. The van der Waals surface area contributed by atoms with Crippen molar-refractivity contribution >= 4 is 17.6 Å². The number of halogens is 1. The molecule has 25 heavy (non-hydrogen) atoms. The second-order valence-corrected chi connectivity index (χ2v) is 5.62. The molecule has 1 aliphatic carbocycles. The molecule has 0 radical (unpaired) electrons. The van der Waals surface area contributed by atoms with Crippen LogP contribution in [-0.4, -0.2) is 17.6 Å². The highest BCUT2D eigenvalue weighted by molar-refractivity contribution is 6.06. The van der Waals surface area contributed by atoms with Crippen LogP contribution in [-0.2, 0) is 6.42 Å². The fourth-order valence-electron chi connectivity index (χ4n) is 2.74. The van der Waals surface area contributed by atoms with Crippen LogP contribution in [0.3, 0.4) is 0 Å². The van der Waals surface area contributed by atoms with Crippen LogP contribution in [0.2, 0.25) is 0 Å². The molecule has 0 saturated heterocycles. The number of benzene rings is 1. The molecule has 0 amide bonds. The minimum Gasteiger partial charge on any atom is -0.453 e. The third-order valence-electron chi connectivity index (χ3n) is 3.82. The number of fused-ring (bicyclic) bond motifs is 1. The van der Waals surface area contributed by atoms with Gasteiger partial charge in [-0.2, -0.15) is 5.10 Å². The fourth-order valence-corrected chi connectivity index (χ4v) is 2.74. The number of esters is 1. The van der Waals surface area contributed by atoms with Crippen molar-refractivity contribution in [1.82, 2.24) is 0 Å². The number of carbonyl (C=O) groups excluding carboxylic acids is 1. The lowest BCUT2D eigenvalue weighted by Crippen LogP contribution is -2.22. The van der Waals surface area contributed by atoms with Crippen molar-refractivity contribution in [2.45, 2.75) is 26.2 Å². The Morgan fingerprint density at radius 1 is 1.24 bits per heavy atom. The number of nitrogens with zero attached hydrogens (tertiary/aromatic N) is 2. The van der Waals surface area contributed by atoms with Crippen LogP contribution in [0.1, 0.15) is 40.3 Å². The SMILES string of the molecule is Cc1c(C(=O)Oc2ccc(F)cc2)oc2c1/C(=N/N=C(N)N)CCC2. The Hall–Kier alpha value is -3.16. The van der Waals surface area contributed by atoms with Gasteiger partial charge in [0.25, 0.3) is 0 Å². The Bertz CT molecular complexity index is 865. The summed E-state index contributed by atoms with van der Waals surface area (Å²) in [5.41, 5.74) is 12.6. The number of guanidine groups is 1. The van der Waals surface area contributed by atoms with Gasteiger partial charge in [-0.3, -0.25) is 0 Å². The van der Waals surface area contributed by atoms with E-state index in [0.717, 1.165) is 12.0 Å². The van der Waals surface area contributed by atoms with Crippen LogP contribution < -0.4 is 16.2 Å². The first-order valence-corrected chi connectivity index (χ1v) is 7.71. The van der Waals surface area contributed by atoms with E-state index in [1.807, 2.05) is 0 Å². The molecule has 1 heterocycles. The molecule has 0 spiro atoms. The monoisotopic (exact) mass is 344 g/mol. The van der Waals surface area contributed by atoms with Crippen molar-refractivity contribution in [3.8, 4) is 5.75 Å². The zero-order valence-corrected chi connectivity index (χ0v) is 13.6. The first-order chi connectivity index (χ1) is 12.0. The lowest BCUT2D eigenvalue weighted by molar-refractivity contribution is 0.0698. The summed E-state index contributed by atoms with van der Waals surface area (Å²) in [6.07, 6.45) is 2.17. The summed E-state index contributed by atoms with van der Waals surface area (Å²) < 4.78 is 23.9. The number of hydrogen-bond donors (Lipinski definition) is 2. The molecule has 1 aliphatic rings. The Labute approximate surface area is 143 Å². The Morgan fingerprint density at radius 3 is 2.64 bits per heavy atom. The van der Waals surface area contributed by atoms with E-state index in [0.29, 0.717) is 29.9 Å². The highest BCUT2D eigenvalue weighted by atomic mass is 19.1. The number of aryl methyl sites for hydroxylation is 1. The standard InChI is InChI=1S/C17H17FN4O3/c1-9-14-12(21-22-17(19)20)3-2-4-13(14)25-15(9)16(23)24-11-7-5-10(18)6-8-11/h5-8H,2-4H2,1H3,(H4,19,20,22)/b21-12+. The number of rotatable bonds is 3. The van der Waals surface area contributed by atoms with Crippen molar-refractivity contribution in [1.29, 1.82) is 0 Å². The van der Waals surface area contributed by atoms with E-state index < -0.39 is 11.8 Å². The minimum atomic E-state index is -0.653. The average Bonchev–Trinajstić information content (AvgIpc) is 2.93. The van der Waals surface area contributed by atoms with E-state index in [1.54, 1.807) is 6.92 Å². The molecule has 1 aromatic carbocycles. The predicted octanol–water partition coefficient (Wildman–Crippen LogP) is 2.26. The lowest BCUT2D eigenvalue weighted by atomic mass is 9.93. The molecule has 0 saturated carbocycles. The summed E-state index contributed by atoms with van der Waals surface area (Å²) in [5, 5.41) is 7.74. The molecule has 3 rings (SSSR count). The normalized spacial score (nSPS) is 14.9. The summed E-state index contributed by atoms with van der Waals surface area (Å²) in [4.78, 5) is 12.4. The van der Waals surface area contributed by atoms with Gasteiger partial charge in [-0.15, -0.1) is 5.10 Å². The zero-order valence-electron chi connectivity index (χ0n) is 13.6. The Balaban J connectivity index is 1.91. The molecule has 0 atom stereocenters. The highest BCUT2D eigenvalue weighted by Crippen LogP contribution is 2.30. The van der Waals surface area contributed by atoms with Gasteiger partial charge in [0, 0.05) is 17.5 Å². The molecular weight excluding hydrogens is 327 g/mol. The largest absolute Gasteiger partial charge is 0.453 e. The number of nitrogens with two attached hydrogens (primary N) is 2. The fraction of sp³-hybridized carbons (Fsp3) is 0.235. The molecule has 4 N–H and O–H groups in total. The second-order valence-electron chi connectivity index (χ2n) is 5.62. The van der Waals surface area contributed by atoms with Gasteiger partial charge in [0.15, 0.2) is 0 Å². The minimum absolute atomic E-state index is 0.0913. The van der Waals surface area contributed by atoms with E-state index in [2.05, 4.69) is 10.2 Å². The Kier molecular flexibility index (Phi) is 4.51. The van der Waals surface area contributed by atoms with Crippen LogP contribution in [0.4, 0.5) is 4.39 Å². The van der Waals surface area contributed by atoms with Crippen molar-refractivity contribution in [2.75, 3.05) is 0 Å². The summed E-state index contributed by atoms with van der Waals surface area (Å²) in [5.74, 6) is -0.232. The number of furan rings is 1. The van der Waals surface area contributed by atoms with Crippen molar-refractivity contribution < 1.29 is 18.3 Å². The van der Waals surface area contributed by atoms with Gasteiger partial charge < -0.3 is 20.6 Å². The van der Waals surface area contributed by atoms with Gasteiger partial charge in [0.1, 0.15) is 17.3 Å². The lowest BCUT2D eigenvalue weighted by Gasteiger charge is -2.11. The predicted molar refractivity (Wildman–Crippen MR) is 90.1 cm³/mol. The Morgan fingerprint density at radius 2 is 1.96 bits per heavy atom. The van der Waals surface area contributed by atoms with Gasteiger partial charge in [-0.1, -0.05) is 0 Å². The van der Waals surface area contributed by atoms with Crippen LogP contribution in [0, 0.1) is 12.7 Å². The van der Waals surface area contributed by atoms with E-state index in [1.165, 1.54) is 24.3 Å². The van der Waals surface area contributed by atoms with Gasteiger partial charge in [-0.25, -0.2) is 9.18 Å². The third-order valence-corrected chi connectivity index (χ3v) is 3.82. The van der Waals surface area contributed by atoms with Crippen molar-refractivity contribution in [3.63, 3.8) is 0 Å². The summed E-state index contributed by atoms with van der Waals surface area (Å²) in [7, 11) is 0. The number of ether oxygens (including phenoxy) is 1. The molecule has 7 nitrogen and oxygen atoms in total. The summed E-state index contributed by atoms with van der Waals surface area (Å²) >= 11 is 0. The molecule has 1 aromatic heterocycles. The van der Waals surface area contributed by atoms with Crippen LogP contribution in [0.25, 0.3) is 0 Å². The van der Waals surface area contributed by atoms with Gasteiger partial charge in [-0.05, 0) is 44.0 Å². The molecule has 130 valence electrons. The quantitative estimate of drug-likeness (QED) is 0.291. The smallest absolute Gasteiger partial charge is 0.379 e. The van der Waals surface area contributed by atoms with E-state index in [4.69, 9.17) is 20.6 Å². The topological polar surface area (TPSA) is 116 Å². The third kappa shape index (κ3) is 3.52. The maximum Gasteiger partial charge on any atom is 0.379 e.